The summed E-state index contributed by atoms with van der Waals surface area (Å²) in [5.74, 6) is -2.80. The molecular weight excluding hydrogens is 777 g/mol. The summed E-state index contributed by atoms with van der Waals surface area (Å²) in [4.78, 5) is 0. The molecule has 9 heteroatoms. The minimum absolute atomic E-state index is 0.0353. The lowest BCUT2D eigenvalue weighted by molar-refractivity contribution is 0.467. The van der Waals surface area contributed by atoms with Gasteiger partial charge in [0.1, 0.15) is 69.0 Å². The van der Waals surface area contributed by atoms with E-state index >= 15 is 0 Å². The van der Waals surface area contributed by atoms with Crippen molar-refractivity contribution in [3.63, 3.8) is 0 Å². The Bertz CT molecular complexity index is 4460. The van der Waals surface area contributed by atoms with Gasteiger partial charge in [-0.3, -0.25) is 0 Å². The number of para-hydroxylation sites is 3. The molecule has 0 bridgehead atoms. The first-order valence-electron chi connectivity index (χ1n) is 30.3. The Labute approximate surface area is 390 Å². The lowest BCUT2D eigenvalue weighted by atomic mass is 9.34. The molecule has 0 spiro atoms. The van der Waals surface area contributed by atoms with Crippen LogP contribution in [0.4, 0.5) is 0 Å². The second-order valence-electron chi connectivity index (χ2n) is 15.7. The van der Waals surface area contributed by atoms with Crippen LogP contribution in [0.5, 0.6) is 69.0 Å². The molecule has 0 fully saturated rings. The highest BCUT2D eigenvalue weighted by Gasteiger charge is 2.45. The van der Waals surface area contributed by atoms with Crippen LogP contribution in [-0.4, -0.2) is 20.1 Å². The fourth-order valence-corrected chi connectivity index (χ4v) is 10.4. The van der Waals surface area contributed by atoms with Gasteiger partial charge in [-0.25, -0.2) is 0 Å². The first kappa shape index (κ1) is 19.4. The van der Waals surface area contributed by atoms with Crippen LogP contribution in [0.15, 0.2) is 163 Å². The van der Waals surface area contributed by atoms with Gasteiger partial charge in [0.25, 0.3) is 20.1 Å². The van der Waals surface area contributed by atoms with Gasteiger partial charge in [0.05, 0.1) is 28.8 Å². The summed E-state index contributed by atoms with van der Waals surface area (Å²) in [6.45, 7) is -3.78. The molecule has 6 heterocycles. The van der Waals surface area contributed by atoms with E-state index in [2.05, 4.69) is 0 Å². The first-order valence-corrected chi connectivity index (χ1v) is 19.8. The quantitative estimate of drug-likeness (QED) is 0.118. The molecule has 0 atom stereocenters. The van der Waals surface area contributed by atoms with Crippen molar-refractivity contribution >= 4 is 102 Å². The van der Waals surface area contributed by atoms with Crippen molar-refractivity contribution in [2.24, 2.45) is 0 Å². The molecule has 0 saturated heterocycles. The van der Waals surface area contributed by atoms with Crippen molar-refractivity contribution in [3.05, 3.63) is 163 Å². The smallest absolute Gasteiger partial charge is 0.260 e. The number of rotatable bonds is 0. The SMILES string of the molecule is [2H]c1c([2H])c([2H])c2c(c1[2H])Oc1c([2H])c([2H])c([2H])c3c1B2c1ccc2c(c1O3)c1ccc3c(c1c1ccc4c(c21)Oc1c([2H])c([2H])c([2H])c2c1B4c1c([2H])c([2H])c([2H])c([2H])c1O2)Oc1c([2H])c([2H])c([2H])c2c1B3c1c([2H])c([2H])c([2H])c([2H])c1O2. The third-order valence-corrected chi connectivity index (χ3v) is 12.8. The summed E-state index contributed by atoms with van der Waals surface area (Å²) >= 11 is 0. The standard InChI is InChI=1S/C54H27B3O6/c1-4-13-37-31(10-1)55-34-25-22-28-46(52(34)61-43-19-7-16-40(58-37)49(43)55)29-23-26-35-54(63-45-21-9-18-42-51(45)56(35)32-11-2-5-14-38(32)59-42)48(29)30-24-27-36-53(47(28)30)62-44-20-8-17-41-50(44)57(36)33-12-3-6-15-39(33)60-41/h1-27H/i1D,2D,3D,4D,5D,6D,7D,8D,9D,10D,11D,12D,13D,14D,15D,16D,17D,18D,19D,20D,21D. The molecule has 0 unspecified atom stereocenters. The monoisotopic (exact) mass is 825 g/mol. The van der Waals surface area contributed by atoms with E-state index in [1.165, 1.54) is 0 Å². The van der Waals surface area contributed by atoms with E-state index in [0.29, 0.717) is 0 Å². The maximum Gasteiger partial charge on any atom is 0.260 e. The second-order valence-corrected chi connectivity index (χ2v) is 15.7. The van der Waals surface area contributed by atoms with Gasteiger partial charge in [0.2, 0.25) is 0 Å². The summed E-state index contributed by atoms with van der Waals surface area (Å²) in [6.07, 6.45) is 0. The molecular formula is C54H27B3O6. The molecule has 0 amide bonds. The third-order valence-electron chi connectivity index (χ3n) is 12.8. The zero-order chi connectivity index (χ0) is 58.9. The molecule has 0 aliphatic carbocycles. The topological polar surface area (TPSA) is 55.4 Å². The van der Waals surface area contributed by atoms with Crippen LogP contribution < -0.4 is 77.6 Å². The Morgan fingerprint density at radius 1 is 0.270 bits per heavy atom. The van der Waals surface area contributed by atoms with E-state index in [-0.39, 0.29) is 150 Å². The Kier molecular flexibility index (Phi) is 3.52. The normalized spacial score (nSPS) is 19.0. The van der Waals surface area contributed by atoms with E-state index in [1.54, 1.807) is 36.4 Å². The summed E-state index contributed by atoms with van der Waals surface area (Å²) in [7, 11) is 0. The fourth-order valence-electron chi connectivity index (χ4n) is 10.4. The van der Waals surface area contributed by atoms with Crippen molar-refractivity contribution in [3.8, 4) is 69.0 Å². The molecule has 0 saturated carbocycles. The average Bonchev–Trinajstić information content (AvgIpc) is 2.89. The van der Waals surface area contributed by atoms with E-state index in [9.17, 15) is 8.22 Å². The summed E-state index contributed by atoms with van der Waals surface area (Å²) in [5, 5.41) is 1.41. The zero-order valence-corrected chi connectivity index (χ0v) is 31.6. The van der Waals surface area contributed by atoms with Crippen LogP contribution in [0.25, 0.3) is 32.3 Å². The summed E-state index contributed by atoms with van der Waals surface area (Å²) in [6, 6.07) is -2.38. The summed E-state index contributed by atoms with van der Waals surface area (Å²) < 4.78 is 229. The Morgan fingerprint density at radius 2 is 0.540 bits per heavy atom. The van der Waals surface area contributed by atoms with Gasteiger partial charge >= 0.3 is 0 Å². The largest absolute Gasteiger partial charge is 0.458 e. The van der Waals surface area contributed by atoms with Gasteiger partial charge in [-0.1, -0.05) is 109 Å². The third kappa shape index (κ3) is 4.04. The van der Waals surface area contributed by atoms with Crippen LogP contribution >= 0.6 is 0 Å². The molecule has 288 valence electrons. The maximum absolute atomic E-state index is 9.37. The number of hydrogen-bond donors (Lipinski definition) is 0. The Balaban J connectivity index is 1.10. The zero-order valence-electron chi connectivity index (χ0n) is 52.6. The van der Waals surface area contributed by atoms with Crippen LogP contribution in [0.1, 0.15) is 28.8 Å². The van der Waals surface area contributed by atoms with Gasteiger partial charge in [-0.2, -0.15) is 0 Å². The minimum atomic E-state index is -1.26. The van der Waals surface area contributed by atoms with Crippen molar-refractivity contribution in [2.45, 2.75) is 0 Å². The van der Waals surface area contributed by atoms with E-state index < -0.39 is 147 Å². The van der Waals surface area contributed by atoms with Gasteiger partial charge in [-0.15, -0.1) is 0 Å². The van der Waals surface area contributed by atoms with Crippen molar-refractivity contribution < 1.29 is 57.2 Å². The van der Waals surface area contributed by atoms with E-state index in [0.717, 1.165) is 0 Å². The van der Waals surface area contributed by atoms with Gasteiger partial charge in [-0.05, 0) is 103 Å². The number of ether oxygens (including phenoxy) is 6. The Morgan fingerprint density at radius 3 is 0.857 bits per heavy atom. The van der Waals surface area contributed by atoms with Crippen LogP contribution in [0, 0.1) is 0 Å². The average molecular weight is 825 g/mol. The molecule has 16 rings (SSSR count). The van der Waals surface area contributed by atoms with E-state index in [4.69, 9.17) is 49.0 Å². The molecule has 6 aliphatic heterocycles. The van der Waals surface area contributed by atoms with Crippen LogP contribution in [0.3, 0.4) is 0 Å². The lowest BCUT2D eigenvalue weighted by Crippen LogP contribution is -2.57. The molecule has 0 radical (unpaired) electrons. The van der Waals surface area contributed by atoms with Crippen molar-refractivity contribution in [2.75, 3.05) is 0 Å². The molecule has 0 N–H and O–H groups in total. The van der Waals surface area contributed by atoms with Crippen molar-refractivity contribution in [1.82, 2.24) is 0 Å². The van der Waals surface area contributed by atoms with Crippen LogP contribution in [-0.2, 0) is 0 Å². The predicted octanol–water partition coefficient (Wildman–Crippen LogP) is 7.33. The number of hydrogen-bond acceptors (Lipinski definition) is 6. The van der Waals surface area contributed by atoms with Gasteiger partial charge in [0, 0.05) is 32.5 Å². The molecule has 10 aromatic rings. The highest BCUT2D eigenvalue weighted by molar-refractivity contribution is 7.00. The molecule has 6 nitrogen and oxygen atoms in total. The number of fused-ring (bicyclic) bond motifs is 21. The summed E-state index contributed by atoms with van der Waals surface area (Å²) in [5.41, 5.74) is 0.577. The lowest BCUT2D eigenvalue weighted by Gasteiger charge is -2.35. The molecule has 0 aromatic heterocycles. The molecule has 6 aliphatic rings. The second kappa shape index (κ2) is 11.5. The van der Waals surface area contributed by atoms with Gasteiger partial charge in [0.15, 0.2) is 0 Å². The number of benzene rings is 10. The highest BCUT2D eigenvalue weighted by Crippen LogP contribution is 2.50. The Hall–Kier alpha value is -8.03. The first-order chi connectivity index (χ1) is 40.0. The maximum atomic E-state index is 9.37. The van der Waals surface area contributed by atoms with Crippen molar-refractivity contribution in [1.29, 1.82) is 0 Å². The fraction of sp³-hybridized carbons (Fsp3) is 0. The predicted molar refractivity (Wildman–Crippen MR) is 252 cm³/mol. The van der Waals surface area contributed by atoms with E-state index in [1.807, 2.05) is 0 Å². The van der Waals surface area contributed by atoms with Gasteiger partial charge < -0.3 is 28.4 Å². The highest BCUT2D eigenvalue weighted by atomic mass is 16.5. The molecule has 63 heavy (non-hydrogen) atoms. The van der Waals surface area contributed by atoms with Crippen LogP contribution in [0.2, 0.25) is 0 Å². The molecule has 10 aromatic carbocycles. The minimum Gasteiger partial charge on any atom is -0.458 e.